The van der Waals surface area contributed by atoms with Gasteiger partial charge in [0, 0.05) is 56.6 Å². The van der Waals surface area contributed by atoms with Crippen molar-refractivity contribution < 1.29 is 14.2 Å². The zero-order chi connectivity index (χ0) is 36.5. The van der Waals surface area contributed by atoms with E-state index in [-0.39, 0.29) is 6.23 Å². The average Bonchev–Trinajstić information content (AvgIpc) is 3.76. The maximum Gasteiger partial charge on any atom is 0.128 e. The molecule has 2 N–H and O–H groups in total. The molecule has 1 aliphatic heterocycles. The lowest BCUT2D eigenvalue weighted by atomic mass is 10.0. The molecule has 0 spiro atoms. The molecule has 6 heteroatoms. The molecule has 1 fully saturated rings. The molecule has 6 rings (SSSR count). The highest BCUT2D eigenvalue weighted by Gasteiger charge is 2.24. The summed E-state index contributed by atoms with van der Waals surface area (Å²) in [5.74, 6) is 1.55. The van der Waals surface area contributed by atoms with Gasteiger partial charge in [-0.2, -0.15) is 0 Å². The minimum atomic E-state index is -0.0541. The highest BCUT2D eigenvalue weighted by molar-refractivity contribution is 5.49. The summed E-state index contributed by atoms with van der Waals surface area (Å²) in [6, 6.07) is 44.6. The molecule has 5 aromatic carbocycles. The third-order valence-corrected chi connectivity index (χ3v) is 10.2. The SMILES string of the molecule is CCOC(CCCCCc1ccc(N2CCCC2)cc1)N(Cc1ccccc1)Cc1c(CN)cc(OCc2ccccc2)cc1OCc1ccccc1. The molecule has 278 valence electrons. The summed E-state index contributed by atoms with van der Waals surface area (Å²) >= 11 is 0. The summed E-state index contributed by atoms with van der Waals surface area (Å²) in [4.78, 5) is 4.96. The second-order valence-corrected chi connectivity index (χ2v) is 14.1. The Morgan fingerprint density at radius 2 is 1.28 bits per heavy atom. The largest absolute Gasteiger partial charge is 0.489 e. The van der Waals surface area contributed by atoms with E-state index in [9.17, 15) is 0 Å². The average molecular weight is 712 g/mol. The van der Waals surface area contributed by atoms with Gasteiger partial charge in [-0.1, -0.05) is 110 Å². The number of nitrogens with two attached hydrogens (primary N) is 1. The lowest BCUT2D eigenvalue weighted by Crippen LogP contribution is -2.37. The Morgan fingerprint density at radius 1 is 0.660 bits per heavy atom. The molecule has 53 heavy (non-hydrogen) atoms. The van der Waals surface area contributed by atoms with Crippen molar-refractivity contribution in [1.82, 2.24) is 4.90 Å². The zero-order valence-electron chi connectivity index (χ0n) is 31.5. The van der Waals surface area contributed by atoms with E-state index in [1.807, 2.05) is 42.5 Å². The number of aryl methyl sites for hydroxylation is 1. The molecule has 1 saturated heterocycles. The lowest BCUT2D eigenvalue weighted by molar-refractivity contribution is -0.0699. The Balaban J connectivity index is 1.18. The monoisotopic (exact) mass is 711 g/mol. The van der Waals surface area contributed by atoms with Gasteiger partial charge < -0.3 is 24.8 Å². The van der Waals surface area contributed by atoms with Gasteiger partial charge in [-0.05, 0) is 91.5 Å². The zero-order valence-corrected chi connectivity index (χ0v) is 31.5. The highest BCUT2D eigenvalue weighted by Crippen LogP contribution is 2.33. The molecule has 1 unspecified atom stereocenters. The molecule has 0 aromatic heterocycles. The van der Waals surface area contributed by atoms with Crippen molar-refractivity contribution >= 4 is 5.69 Å². The first kappa shape index (κ1) is 38.1. The van der Waals surface area contributed by atoms with Gasteiger partial charge in [0.05, 0.1) is 0 Å². The predicted molar refractivity (Wildman–Crippen MR) is 217 cm³/mol. The van der Waals surface area contributed by atoms with Gasteiger partial charge in [0.15, 0.2) is 0 Å². The Hall–Kier alpha value is -4.62. The fourth-order valence-corrected chi connectivity index (χ4v) is 7.24. The molecule has 1 aliphatic rings. The van der Waals surface area contributed by atoms with Crippen LogP contribution in [0.2, 0.25) is 0 Å². The van der Waals surface area contributed by atoms with Crippen molar-refractivity contribution in [1.29, 1.82) is 0 Å². The Kier molecular flexibility index (Phi) is 14.8. The number of hydrogen-bond acceptors (Lipinski definition) is 6. The molecular weight excluding hydrogens is 655 g/mol. The van der Waals surface area contributed by atoms with Crippen LogP contribution >= 0.6 is 0 Å². The van der Waals surface area contributed by atoms with Gasteiger partial charge >= 0.3 is 0 Å². The van der Waals surface area contributed by atoms with E-state index in [4.69, 9.17) is 19.9 Å². The van der Waals surface area contributed by atoms with E-state index < -0.39 is 0 Å². The molecule has 6 nitrogen and oxygen atoms in total. The van der Waals surface area contributed by atoms with Crippen molar-refractivity contribution in [2.45, 2.75) is 90.9 Å². The highest BCUT2D eigenvalue weighted by atomic mass is 16.5. The predicted octanol–water partition coefficient (Wildman–Crippen LogP) is 10.1. The number of rotatable bonds is 21. The fraction of sp³-hybridized carbons (Fsp3) is 0.362. The second kappa shape index (κ2) is 20.6. The molecule has 0 radical (unpaired) electrons. The van der Waals surface area contributed by atoms with Crippen LogP contribution in [0.1, 0.15) is 78.8 Å². The van der Waals surface area contributed by atoms with E-state index in [1.54, 1.807) is 0 Å². The Morgan fingerprint density at radius 3 is 1.91 bits per heavy atom. The number of nitrogens with zero attached hydrogens (tertiary/aromatic N) is 2. The van der Waals surface area contributed by atoms with Crippen molar-refractivity contribution in [3.63, 3.8) is 0 Å². The molecule has 0 amide bonds. The standard InChI is InChI=1S/C47H57N3O3/c1-2-51-47(24-14-6-7-17-38-25-27-43(28-26-38)49-29-15-16-30-49)50(34-39-18-8-3-9-19-39)35-45-42(33-48)31-44(52-36-40-20-10-4-11-21-40)32-46(45)53-37-41-22-12-5-13-23-41/h3-5,8-13,18-23,25-28,31-32,47H,2,6-7,14-17,24,29-30,33-37,48H2,1H3. The van der Waals surface area contributed by atoms with Gasteiger partial charge in [-0.3, -0.25) is 4.90 Å². The minimum absolute atomic E-state index is 0.0541. The molecule has 5 aromatic rings. The van der Waals surface area contributed by atoms with Crippen LogP contribution in [0.25, 0.3) is 0 Å². The summed E-state index contributed by atoms with van der Waals surface area (Å²) in [6.07, 6.45) is 8.03. The molecule has 0 aliphatic carbocycles. The maximum atomic E-state index is 6.63. The summed E-state index contributed by atoms with van der Waals surface area (Å²) in [6.45, 7) is 7.80. The number of unbranched alkanes of at least 4 members (excludes halogenated alkanes) is 2. The van der Waals surface area contributed by atoms with E-state index in [0.717, 1.165) is 66.0 Å². The fourth-order valence-electron chi connectivity index (χ4n) is 7.24. The molecule has 0 bridgehead atoms. The molecule has 0 saturated carbocycles. The Labute approximate surface area is 317 Å². The topological polar surface area (TPSA) is 60.2 Å². The first-order valence-corrected chi connectivity index (χ1v) is 19.6. The third-order valence-electron chi connectivity index (χ3n) is 10.2. The quantitative estimate of drug-likeness (QED) is 0.0604. The summed E-state index contributed by atoms with van der Waals surface area (Å²) in [5.41, 5.74) is 14.9. The van der Waals surface area contributed by atoms with E-state index >= 15 is 0 Å². The van der Waals surface area contributed by atoms with Crippen LogP contribution < -0.4 is 20.1 Å². The molecule has 1 heterocycles. The van der Waals surface area contributed by atoms with Crippen LogP contribution in [0.5, 0.6) is 11.5 Å². The molecule has 1 atom stereocenters. The molecular formula is C47H57N3O3. The van der Waals surface area contributed by atoms with Gasteiger partial charge in [0.25, 0.3) is 0 Å². The van der Waals surface area contributed by atoms with Crippen LogP contribution in [0, 0.1) is 0 Å². The maximum absolute atomic E-state index is 6.63. The number of hydrogen-bond donors (Lipinski definition) is 1. The number of anilines is 1. The van der Waals surface area contributed by atoms with Gasteiger partial charge in [-0.25, -0.2) is 0 Å². The van der Waals surface area contributed by atoms with Crippen molar-refractivity contribution in [2.24, 2.45) is 5.73 Å². The first-order chi connectivity index (χ1) is 26.2. The smallest absolute Gasteiger partial charge is 0.128 e. The summed E-state index contributed by atoms with van der Waals surface area (Å²) in [7, 11) is 0. The van der Waals surface area contributed by atoms with Crippen LogP contribution in [-0.2, 0) is 44.0 Å². The van der Waals surface area contributed by atoms with Crippen molar-refractivity contribution in [3.05, 3.63) is 161 Å². The second-order valence-electron chi connectivity index (χ2n) is 14.1. The first-order valence-electron chi connectivity index (χ1n) is 19.6. The van der Waals surface area contributed by atoms with Crippen LogP contribution in [0.3, 0.4) is 0 Å². The van der Waals surface area contributed by atoms with Crippen molar-refractivity contribution in [3.8, 4) is 11.5 Å². The number of ether oxygens (including phenoxy) is 3. The Bertz CT molecular complexity index is 1760. The van der Waals surface area contributed by atoms with Crippen LogP contribution in [-0.4, -0.2) is 30.8 Å². The summed E-state index contributed by atoms with van der Waals surface area (Å²) in [5, 5.41) is 0. The number of benzene rings is 5. The van der Waals surface area contributed by atoms with E-state index in [1.165, 1.54) is 49.2 Å². The minimum Gasteiger partial charge on any atom is -0.489 e. The van der Waals surface area contributed by atoms with Gasteiger partial charge in [0.2, 0.25) is 0 Å². The third kappa shape index (κ3) is 11.7. The summed E-state index contributed by atoms with van der Waals surface area (Å²) < 4.78 is 19.5. The van der Waals surface area contributed by atoms with Gasteiger partial charge in [-0.15, -0.1) is 0 Å². The van der Waals surface area contributed by atoms with Crippen LogP contribution in [0.15, 0.2) is 127 Å². The van der Waals surface area contributed by atoms with E-state index in [0.29, 0.717) is 32.9 Å². The van der Waals surface area contributed by atoms with Crippen molar-refractivity contribution in [2.75, 3.05) is 24.6 Å². The van der Waals surface area contributed by atoms with Gasteiger partial charge in [0.1, 0.15) is 30.9 Å². The lowest BCUT2D eigenvalue weighted by Gasteiger charge is -2.33. The van der Waals surface area contributed by atoms with Crippen LogP contribution in [0.4, 0.5) is 5.69 Å². The van der Waals surface area contributed by atoms with E-state index in [2.05, 4.69) is 102 Å². The normalized spacial score (nSPS) is 13.4.